The maximum Gasteiger partial charge on any atom is 0.254 e. The van der Waals surface area contributed by atoms with Crippen LogP contribution >= 0.6 is 0 Å². The van der Waals surface area contributed by atoms with E-state index in [1.54, 1.807) is 11.0 Å². The Bertz CT molecular complexity index is 701. The average molecular weight is 341 g/mol. The van der Waals surface area contributed by atoms with Crippen LogP contribution < -0.4 is 0 Å². The quantitative estimate of drug-likeness (QED) is 0.810. The molecule has 3 rings (SSSR count). The Balaban J connectivity index is 1.76. The zero-order chi connectivity index (χ0) is 17.8. The molecule has 0 unspecified atom stereocenters. The van der Waals surface area contributed by atoms with Gasteiger partial charge in [0.25, 0.3) is 5.91 Å². The SMILES string of the molecule is CN(C)CCN(C(=O)c1ccc(-c2ncn(C)n2)cc1)C1CCCC1. The van der Waals surface area contributed by atoms with Crippen molar-refractivity contribution in [3.63, 3.8) is 0 Å². The minimum absolute atomic E-state index is 0.134. The van der Waals surface area contributed by atoms with E-state index >= 15 is 0 Å². The van der Waals surface area contributed by atoms with Gasteiger partial charge in [0.1, 0.15) is 6.33 Å². The van der Waals surface area contributed by atoms with Gasteiger partial charge in [0.15, 0.2) is 5.82 Å². The third kappa shape index (κ3) is 4.25. The fraction of sp³-hybridized carbons (Fsp3) is 0.526. The normalized spacial score (nSPS) is 15.0. The first-order valence-corrected chi connectivity index (χ1v) is 8.96. The van der Waals surface area contributed by atoms with E-state index < -0.39 is 0 Å². The van der Waals surface area contributed by atoms with E-state index in [1.165, 1.54) is 12.8 Å². The Morgan fingerprint density at radius 2 is 1.84 bits per heavy atom. The van der Waals surface area contributed by atoms with Gasteiger partial charge in [0.05, 0.1) is 0 Å². The molecule has 1 aromatic carbocycles. The Morgan fingerprint density at radius 1 is 1.16 bits per heavy atom. The smallest absolute Gasteiger partial charge is 0.254 e. The lowest BCUT2D eigenvalue weighted by Crippen LogP contribution is -2.42. The highest BCUT2D eigenvalue weighted by atomic mass is 16.2. The molecule has 0 radical (unpaired) electrons. The zero-order valence-electron chi connectivity index (χ0n) is 15.4. The molecule has 25 heavy (non-hydrogen) atoms. The van der Waals surface area contributed by atoms with Crippen molar-refractivity contribution < 1.29 is 4.79 Å². The third-order valence-corrected chi connectivity index (χ3v) is 4.80. The van der Waals surface area contributed by atoms with Crippen LogP contribution in [0.2, 0.25) is 0 Å². The second-order valence-corrected chi connectivity index (χ2v) is 7.06. The largest absolute Gasteiger partial charge is 0.334 e. The summed E-state index contributed by atoms with van der Waals surface area (Å²) >= 11 is 0. The number of aryl methyl sites for hydroxylation is 1. The number of nitrogens with zero attached hydrogens (tertiary/aromatic N) is 5. The first-order valence-electron chi connectivity index (χ1n) is 8.96. The Labute approximate surface area is 149 Å². The summed E-state index contributed by atoms with van der Waals surface area (Å²) in [5.74, 6) is 0.816. The minimum Gasteiger partial charge on any atom is -0.334 e. The lowest BCUT2D eigenvalue weighted by molar-refractivity contribution is 0.0667. The number of hydrogen-bond donors (Lipinski definition) is 0. The molecule has 1 fully saturated rings. The molecule has 0 N–H and O–H groups in total. The summed E-state index contributed by atoms with van der Waals surface area (Å²) in [7, 11) is 5.94. The summed E-state index contributed by atoms with van der Waals surface area (Å²) in [6.07, 6.45) is 6.36. The van der Waals surface area contributed by atoms with Gasteiger partial charge in [-0.1, -0.05) is 25.0 Å². The van der Waals surface area contributed by atoms with Gasteiger partial charge in [-0.2, -0.15) is 5.10 Å². The van der Waals surface area contributed by atoms with E-state index in [-0.39, 0.29) is 5.91 Å². The number of hydrogen-bond acceptors (Lipinski definition) is 4. The molecular formula is C19H27N5O. The molecule has 0 spiro atoms. The highest BCUT2D eigenvalue weighted by Crippen LogP contribution is 2.25. The van der Waals surface area contributed by atoms with Gasteiger partial charge < -0.3 is 9.80 Å². The molecule has 6 nitrogen and oxygen atoms in total. The number of likely N-dealkylation sites (N-methyl/N-ethyl adjacent to an activating group) is 1. The Morgan fingerprint density at radius 3 is 2.40 bits per heavy atom. The molecule has 0 saturated heterocycles. The number of aromatic nitrogens is 3. The number of carbonyl (C=O) groups is 1. The van der Waals surface area contributed by atoms with Crippen molar-refractivity contribution in [3.05, 3.63) is 36.2 Å². The molecule has 0 bridgehead atoms. The summed E-state index contributed by atoms with van der Waals surface area (Å²) < 4.78 is 1.68. The second-order valence-electron chi connectivity index (χ2n) is 7.06. The van der Waals surface area contributed by atoms with Crippen LogP contribution in [-0.2, 0) is 7.05 Å². The highest BCUT2D eigenvalue weighted by Gasteiger charge is 2.27. The standard InChI is InChI=1S/C19H27N5O/c1-22(2)12-13-24(17-6-4-5-7-17)19(25)16-10-8-15(9-11-16)18-20-14-23(3)21-18/h8-11,14,17H,4-7,12-13H2,1-3H3. The molecule has 1 saturated carbocycles. The van der Waals surface area contributed by atoms with Gasteiger partial charge in [-0.3, -0.25) is 9.48 Å². The molecule has 6 heteroatoms. The Hall–Kier alpha value is -2.21. The fourth-order valence-corrected chi connectivity index (χ4v) is 3.37. The third-order valence-electron chi connectivity index (χ3n) is 4.80. The van der Waals surface area contributed by atoms with Crippen molar-refractivity contribution in [3.8, 4) is 11.4 Å². The van der Waals surface area contributed by atoms with Crippen molar-refractivity contribution in [2.75, 3.05) is 27.2 Å². The average Bonchev–Trinajstić information content (AvgIpc) is 3.27. The predicted molar refractivity (Wildman–Crippen MR) is 98.3 cm³/mol. The summed E-state index contributed by atoms with van der Waals surface area (Å²) in [5.41, 5.74) is 1.67. The van der Waals surface area contributed by atoms with Crippen LogP contribution in [-0.4, -0.2) is 63.7 Å². The van der Waals surface area contributed by atoms with Crippen molar-refractivity contribution in [2.45, 2.75) is 31.7 Å². The lowest BCUT2D eigenvalue weighted by Gasteiger charge is -2.30. The molecule has 134 valence electrons. The maximum absolute atomic E-state index is 13.1. The highest BCUT2D eigenvalue weighted by molar-refractivity contribution is 5.94. The van der Waals surface area contributed by atoms with E-state index in [4.69, 9.17) is 0 Å². The molecule has 0 atom stereocenters. The lowest BCUT2D eigenvalue weighted by atomic mass is 10.1. The first-order chi connectivity index (χ1) is 12.0. The van der Waals surface area contributed by atoms with E-state index in [1.807, 2.05) is 45.4 Å². The predicted octanol–water partition coefficient (Wildman–Crippen LogP) is 2.43. The molecular weight excluding hydrogens is 314 g/mol. The Kier molecular flexibility index (Phi) is 5.48. The summed E-state index contributed by atoms with van der Waals surface area (Å²) in [6, 6.07) is 8.03. The van der Waals surface area contributed by atoms with Gasteiger partial charge in [-0.15, -0.1) is 0 Å². The van der Waals surface area contributed by atoms with Crippen LogP contribution in [0.1, 0.15) is 36.0 Å². The number of carbonyl (C=O) groups excluding carboxylic acids is 1. The van der Waals surface area contributed by atoms with Gasteiger partial charge in [0, 0.05) is 37.3 Å². The van der Waals surface area contributed by atoms with Crippen LogP contribution in [0, 0.1) is 0 Å². The van der Waals surface area contributed by atoms with Crippen LogP contribution in [0.25, 0.3) is 11.4 Å². The molecule has 1 heterocycles. The molecule has 1 aromatic heterocycles. The molecule has 0 aliphatic heterocycles. The van der Waals surface area contributed by atoms with Gasteiger partial charge in [-0.25, -0.2) is 4.98 Å². The number of rotatable bonds is 6. The topological polar surface area (TPSA) is 54.3 Å². The molecule has 1 aliphatic rings. The van der Waals surface area contributed by atoms with E-state index in [0.717, 1.165) is 37.1 Å². The van der Waals surface area contributed by atoms with Crippen molar-refractivity contribution in [1.82, 2.24) is 24.6 Å². The second kappa shape index (κ2) is 7.78. The fourth-order valence-electron chi connectivity index (χ4n) is 3.37. The van der Waals surface area contributed by atoms with Crippen molar-refractivity contribution in [1.29, 1.82) is 0 Å². The van der Waals surface area contributed by atoms with Crippen LogP contribution in [0.4, 0.5) is 0 Å². The van der Waals surface area contributed by atoms with Crippen LogP contribution in [0.15, 0.2) is 30.6 Å². The van der Waals surface area contributed by atoms with Crippen LogP contribution in [0.5, 0.6) is 0 Å². The summed E-state index contributed by atoms with van der Waals surface area (Å²) in [4.78, 5) is 21.5. The van der Waals surface area contributed by atoms with E-state index in [0.29, 0.717) is 11.9 Å². The molecule has 1 amide bonds. The monoisotopic (exact) mass is 341 g/mol. The van der Waals surface area contributed by atoms with E-state index in [9.17, 15) is 4.79 Å². The number of amides is 1. The first kappa shape index (κ1) is 17.6. The van der Waals surface area contributed by atoms with E-state index in [2.05, 4.69) is 19.9 Å². The summed E-state index contributed by atoms with van der Waals surface area (Å²) in [6.45, 7) is 1.66. The van der Waals surface area contributed by atoms with Gasteiger partial charge in [-0.05, 0) is 39.1 Å². The molecule has 1 aliphatic carbocycles. The van der Waals surface area contributed by atoms with Crippen LogP contribution in [0.3, 0.4) is 0 Å². The van der Waals surface area contributed by atoms with Gasteiger partial charge >= 0.3 is 0 Å². The maximum atomic E-state index is 13.1. The summed E-state index contributed by atoms with van der Waals surface area (Å²) in [5, 5.41) is 4.31. The van der Waals surface area contributed by atoms with Crippen molar-refractivity contribution in [2.24, 2.45) is 7.05 Å². The number of benzene rings is 1. The minimum atomic E-state index is 0.134. The van der Waals surface area contributed by atoms with Gasteiger partial charge in [0.2, 0.25) is 0 Å². The van der Waals surface area contributed by atoms with Crippen molar-refractivity contribution >= 4 is 5.91 Å². The zero-order valence-corrected chi connectivity index (χ0v) is 15.4. The molecule has 2 aromatic rings.